The van der Waals surface area contributed by atoms with Crippen molar-refractivity contribution in [2.24, 2.45) is 0 Å². The molecule has 0 aliphatic carbocycles. The number of hydrogen-bond acceptors (Lipinski definition) is 3. The standard InChI is InChI=1S/C7H13BO3/c1-4-8-10-5-7(3,11-8)6(2)9/h4-5H2,1-3H3. The molecule has 1 rings (SSSR count). The van der Waals surface area contributed by atoms with Crippen molar-refractivity contribution < 1.29 is 14.1 Å². The number of carbonyl (C=O) groups is 1. The van der Waals surface area contributed by atoms with Gasteiger partial charge in [-0.2, -0.15) is 0 Å². The van der Waals surface area contributed by atoms with Gasteiger partial charge in [0.1, 0.15) is 5.60 Å². The van der Waals surface area contributed by atoms with E-state index in [0.717, 1.165) is 6.32 Å². The van der Waals surface area contributed by atoms with Gasteiger partial charge in [-0.05, 0) is 20.2 Å². The Balaban J connectivity index is 2.57. The summed E-state index contributed by atoms with van der Waals surface area (Å²) in [6.07, 6.45) is 0.795. The van der Waals surface area contributed by atoms with Crippen molar-refractivity contribution in [1.29, 1.82) is 0 Å². The minimum absolute atomic E-state index is 0.0356. The summed E-state index contributed by atoms with van der Waals surface area (Å²) in [4.78, 5) is 11.0. The second-order valence-corrected chi connectivity index (χ2v) is 3.05. The van der Waals surface area contributed by atoms with Crippen LogP contribution in [0.3, 0.4) is 0 Å². The summed E-state index contributed by atoms with van der Waals surface area (Å²) in [6, 6.07) is 0. The lowest BCUT2D eigenvalue weighted by atomic mass is 9.86. The number of rotatable bonds is 2. The van der Waals surface area contributed by atoms with Crippen molar-refractivity contribution in [1.82, 2.24) is 0 Å². The van der Waals surface area contributed by atoms with Gasteiger partial charge in [0.2, 0.25) is 0 Å². The van der Waals surface area contributed by atoms with E-state index in [9.17, 15) is 4.79 Å². The van der Waals surface area contributed by atoms with E-state index in [2.05, 4.69) is 0 Å². The molecule has 0 spiro atoms. The normalized spacial score (nSPS) is 31.0. The van der Waals surface area contributed by atoms with Crippen LogP contribution in [-0.2, 0) is 14.1 Å². The third-order valence-corrected chi connectivity index (χ3v) is 2.01. The summed E-state index contributed by atoms with van der Waals surface area (Å²) in [5.41, 5.74) is -0.694. The first-order valence-corrected chi connectivity index (χ1v) is 3.89. The molecule has 0 aromatic heterocycles. The van der Waals surface area contributed by atoms with E-state index in [1.165, 1.54) is 6.92 Å². The molecular formula is C7H13BO3. The van der Waals surface area contributed by atoms with Crippen molar-refractivity contribution in [2.45, 2.75) is 32.7 Å². The Labute approximate surface area is 67.2 Å². The summed E-state index contributed by atoms with van der Waals surface area (Å²) in [5.74, 6) is 0.0356. The van der Waals surface area contributed by atoms with E-state index in [1.807, 2.05) is 6.92 Å². The van der Waals surface area contributed by atoms with Gasteiger partial charge in [-0.25, -0.2) is 0 Å². The van der Waals surface area contributed by atoms with E-state index in [-0.39, 0.29) is 12.9 Å². The van der Waals surface area contributed by atoms with Gasteiger partial charge in [-0.3, -0.25) is 4.79 Å². The first-order chi connectivity index (χ1) is 5.08. The number of hydrogen-bond donors (Lipinski definition) is 0. The Hall–Kier alpha value is -0.345. The minimum Gasteiger partial charge on any atom is -0.408 e. The highest BCUT2D eigenvalue weighted by molar-refractivity contribution is 6.45. The number of Topliss-reactive ketones (excluding diaryl/α,β-unsaturated/α-hetero) is 1. The predicted octanol–water partition coefficient (Wildman–Crippen LogP) is 0.889. The van der Waals surface area contributed by atoms with Crippen LogP contribution >= 0.6 is 0 Å². The lowest BCUT2D eigenvalue weighted by Gasteiger charge is -2.18. The minimum atomic E-state index is -0.694. The van der Waals surface area contributed by atoms with Crippen LogP contribution in [0.5, 0.6) is 0 Å². The van der Waals surface area contributed by atoms with Gasteiger partial charge >= 0.3 is 7.12 Å². The first-order valence-electron chi connectivity index (χ1n) is 3.89. The van der Waals surface area contributed by atoms with Crippen LogP contribution in [0.2, 0.25) is 6.32 Å². The van der Waals surface area contributed by atoms with E-state index in [4.69, 9.17) is 9.31 Å². The van der Waals surface area contributed by atoms with Gasteiger partial charge in [0, 0.05) is 0 Å². The summed E-state index contributed by atoms with van der Waals surface area (Å²) in [5, 5.41) is 0. The highest BCUT2D eigenvalue weighted by atomic mass is 16.7. The molecule has 11 heavy (non-hydrogen) atoms. The van der Waals surface area contributed by atoms with Gasteiger partial charge in [0.25, 0.3) is 0 Å². The van der Waals surface area contributed by atoms with E-state index >= 15 is 0 Å². The Morgan fingerprint density at radius 2 is 2.36 bits per heavy atom. The maximum Gasteiger partial charge on any atom is 0.457 e. The average molecular weight is 156 g/mol. The van der Waals surface area contributed by atoms with Gasteiger partial charge < -0.3 is 9.31 Å². The molecule has 1 saturated heterocycles. The average Bonchev–Trinajstić information content (AvgIpc) is 2.33. The number of carbonyl (C=O) groups excluding carboxylic acids is 1. The van der Waals surface area contributed by atoms with Crippen molar-refractivity contribution in [2.75, 3.05) is 6.61 Å². The van der Waals surface area contributed by atoms with Crippen molar-refractivity contribution >= 4 is 12.9 Å². The molecule has 0 amide bonds. The van der Waals surface area contributed by atoms with Crippen LogP contribution in [-0.4, -0.2) is 25.1 Å². The maximum atomic E-state index is 11.0. The molecule has 0 aromatic rings. The summed E-state index contributed by atoms with van der Waals surface area (Å²) < 4.78 is 10.6. The molecule has 0 aromatic carbocycles. The lowest BCUT2D eigenvalue weighted by Crippen LogP contribution is -2.36. The quantitative estimate of drug-likeness (QED) is 0.557. The molecular weight excluding hydrogens is 143 g/mol. The molecule has 1 heterocycles. The van der Waals surface area contributed by atoms with Gasteiger partial charge in [0.05, 0.1) is 6.61 Å². The van der Waals surface area contributed by atoms with Crippen LogP contribution < -0.4 is 0 Å². The topological polar surface area (TPSA) is 35.5 Å². The van der Waals surface area contributed by atoms with E-state index in [1.54, 1.807) is 6.92 Å². The smallest absolute Gasteiger partial charge is 0.408 e. The largest absolute Gasteiger partial charge is 0.457 e. The Morgan fingerprint density at radius 3 is 2.64 bits per heavy atom. The second kappa shape index (κ2) is 2.95. The molecule has 1 aliphatic heterocycles. The van der Waals surface area contributed by atoms with Crippen LogP contribution in [0.4, 0.5) is 0 Å². The fourth-order valence-corrected chi connectivity index (χ4v) is 0.996. The second-order valence-electron chi connectivity index (χ2n) is 3.05. The fourth-order valence-electron chi connectivity index (χ4n) is 0.996. The molecule has 1 atom stereocenters. The Kier molecular flexibility index (Phi) is 2.35. The summed E-state index contributed by atoms with van der Waals surface area (Å²) >= 11 is 0. The van der Waals surface area contributed by atoms with Crippen molar-refractivity contribution in [3.63, 3.8) is 0 Å². The van der Waals surface area contributed by atoms with Gasteiger partial charge in [0.15, 0.2) is 5.78 Å². The highest BCUT2D eigenvalue weighted by Gasteiger charge is 2.42. The van der Waals surface area contributed by atoms with Crippen LogP contribution in [0, 0.1) is 0 Å². The Bertz CT molecular complexity index is 171. The third kappa shape index (κ3) is 1.63. The van der Waals surface area contributed by atoms with E-state index in [0.29, 0.717) is 6.61 Å². The molecule has 3 nitrogen and oxygen atoms in total. The van der Waals surface area contributed by atoms with Crippen LogP contribution in [0.1, 0.15) is 20.8 Å². The maximum absolute atomic E-state index is 11.0. The first kappa shape index (κ1) is 8.75. The van der Waals surface area contributed by atoms with Crippen LogP contribution in [0.25, 0.3) is 0 Å². The van der Waals surface area contributed by atoms with Crippen LogP contribution in [0.15, 0.2) is 0 Å². The molecule has 0 saturated carbocycles. The fraction of sp³-hybridized carbons (Fsp3) is 0.857. The molecule has 1 aliphatic rings. The van der Waals surface area contributed by atoms with Crippen molar-refractivity contribution in [3.8, 4) is 0 Å². The van der Waals surface area contributed by atoms with Gasteiger partial charge in [-0.15, -0.1) is 0 Å². The number of ketones is 1. The van der Waals surface area contributed by atoms with E-state index < -0.39 is 5.60 Å². The zero-order valence-corrected chi connectivity index (χ0v) is 7.22. The molecule has 62 valence electrons. The monoisotopic (exact) mass is 156 g/mol. The molecule has 4 heteroatoms. The van der Waals surface area contributed by atoms with Gasteiger partial charge in [-0.1, -0.05) is 6.92 Å². The summed E-state index contributed by atoms with van der Waals surface area (Å²) in [7, 11) is -0.191. The summed E-state index contributed by atoms with van der Waals surface area (Å²) in [6.45, 7) is 5.66. The predicted molar refractivity (Wildman–Crippen MR) is 42.4 cm³/mol. The third-order valence-electron chi connectivity index (χ3n) is 2.01. The zero-order valence-electron chi connectivity index (χ0n) is 7.22. The zero-order chi connectivity index (χ0) is 8.48. The Morgan fingerprint density at radius 1 is 1.73 bits per heavy atom. The molecule has 0 N–H and O–H groups in total. The molecule has 1 unspecified atom stereocenters. The molecule has 0 radical (unpaired) electrons. The lowest BCUT2D eigenvalue weighted by molar-refractivity contribution is -0.129. The molecule has 1 fully saturated rings. The van der Waals surface area contributed by atoms with Crippen molar-refractivity contribution in [3.05, 3.63) is 0 Å². The molecule has 0 bridgehead atoms. The SMILES string of the molecule is CCB1OCC(C)(C(C)=O)O1. The highest BCUT2D eigenvalue weighted by Crippen LogP contribution is 2.22.